The molecule has 36 heavy (non-hydrogen) atoms. The highest BCUT2D eigenvalue weighted by molar-refractivity contribution is 6.35. The van der Waals surface area contributed by atoms with E-state index < -0.39 is 0 Å². The number of rotatable bonds is 4. The lowest BCUT2D eigenvalue weighted by atomic mass is 9.87. The molecule has 7 nitrogen and oxygen atoms in total. The first-order chi connectivity index (χ1) is 17.2. The number of nitrogens with zero attached hydrogens (tertiary/aromatic N) is 4. The zero-order valence-electron chi connectivity index (χ0n) is 21.2. The molecule has 3 heterocycles. The van der Waals surface area contributed by atoms with Gasteiger partial charge in [0.1, 0.15) is 6.54 Å². The molecule has 0 bridgehead atoms. The second-order valence-electron chi connectivity index (χ2n) is 10.5. The van der Waals surface area contributed by atoms with Crippen LogP contribution in [0.2, 0.25) is 10.0 Å². The summed E-state index contributed by atoms with van der Waals surface area (Å²) in [5.74, 6) is 0.346. The maximum atomic E-state index is 13.4. The highest BCUT2D eigenvalue weighted by atomic mass is 35.5. The molecule has 194 valence electrons. The number of ether oxygens (including phenoxy) is 1. The fourth-order valence-electron chi connectivity index (χ4n) is 6.06. The minimum absolute atomic E-state index is 0.00376. The smallest absolute Gasteiger partial charge is 0.274 e. The highest BCUT2D eigenvalue weighted by Gasteiger charge is 2.34. The van der Waals surface area contributed by atoms with E-state index in [1.807, 2.05) is 36.6 Å². The topological polar surface area (TPSA) is 67.7 Å². The molecule has 1 aliphatic carbocycles. The van der Waals surface area contributed by atoms with Crippen LogP contribution < -0.4 is 0 Å². The molecule has 1 aromatic carbocycles. The second kappa shape index (κ2) is 10.3. The van der Waals surface area contributed by atoms with Crippen LogP contribution in [0.4, 0.5) is 0 Å². The molecular weight excluding hydrogens is 499 g/mol. The zero-order valence-corrected chi connectivity index (χ0v) is 22.7. The number of morpholine rings is 1. The van der Waals surface area contributed by atoms with E-state index in [1.165, 1.54) is 5.56 Å². The molecule has 2 aliphatic heterocycles. The summed E-state index contributed by atoms with van der Waals surface area (Å²) in [6, 6.07) is 3.79. The lowest BCUT2D eigenvalue weighted by Crippen LogP contribution is -2.48. The minimum atomic E-state index is -0.0438. The molecule has 9 heteroatoms. The third-order valence-corrected chi connectivity index (χ3v) is 8.45. The van der Waals surface area contributed by atoms with Gasteiger partial charge >= 0.3 is 0 Å². The van der Waals surface area contributed by atoms with Gasteiger partial charge in [0.25, 0.3) is 5.91 Å². The predicted molar refractivity (Wildman–Crippen MR) is 140 cm³/mol. The number of carbonyl (C=O) groups is 2. The maximum absolute atomic E-state index is 13.4. The number of piperidine rings is 1. The molecule has 1 aromatic heterocycles. The van der Waals surface area contributed by atoms with Crippen LogP contribution in [0, 0.1) is 6.92 Å². The van der Waals surface area contributed by atoms with Gasteiger partial charge < -0.3 is 14.5 Å². The first-order valence-electron chi connectivity index (χ1n) is 13.0. The molecule has 0 unspecified atom stereocenters. The van der Waals surface area contributed by atoms with Gasteiger partial charge in [0, 0.05) is 47.5 Å². The largest absolute Gasteiger partial charge is 0.372 e. The molecule has 5 rings (SSSR count). The average molecular weight is 534 g/mol. The van der Waals surface area contributed by atoms with Gasteiger partial charge in [-0.25, -0.2) is 0 Å². The van der Waals surface area contributed by atoms with Crippen molar-refractivity contribution in [2.24, 2.45) is 0 Å². The van der Waals surface area contributed by atoms with Crippen molar-refractivity contribution in [1.29, 1.82) is 0 Å². The predicted octanol–water partition coefficient (Wildman–Crippen LogP) is 4.64. The Bertz CT molecular complexity index is 1160. The molecule has 2 aromatic rings. The normalized spacial score (nSPS) is 22.7. The molecule has 2 amide bonds. The molecular formula is C27H34Cl2N4O3. The van der Waals surface area contributed by atoms with Crippen LogP contribution in [0.1, 0.15) is 71.9 Å². The third-order valence-electron chi connectivity index (χ3n) is 7.84. The molecule has 0 saturated carbocycles. The summed E-state index contributed by atoms with van der Waals surface area (Å²) in [5.41, 5.74) is 4.83. The van der Waals surface area contributed by atoms with E-state index in [4.69, 9.17) is 33.0 Å². The second-order valence-corrected chi connectivity index (χ2v) is 11.4. The average Bonchev–Trinajstić information content (AvgIpc) is 3.44. The standard InChI is InChI=1S/C27H34Cl2N4O3/c1-16-13-32(14-17(2)36-16)27(35)26-21-5-4-6-24(21)33(30-26)15-25(34)31-9-7-19(8-10-31)22-11-20(28)12-23(29)18(22)3/h11-12,16-17,19H,4-10,13-15H2,1-3H3/t16-,17+. The van der Waals surface area contributed by atoms with Crippen molar-refractivity contribution in [2.45, 2.75) is 77.5 Å². The number of fused-ring (bicyclic) bond motifs is 1. The molecule has 2 saturated heterocycles. The van der Waals surface area contributed by atoms with Crippen molar-refractivity contribution < 1.29 is 14.3 Å². The van der Waals surface area contributed by atoms with Gasteiger partial charge in [0.15, 0.2) is 5.69 Å². The van der Waals surface area contributed by atoms with Gasteiger partial charge in [-0.3, -0.25) is 14.3 Å². The van der Waals surface area contributed by atoms with Crippen LogP contribution in [0.5, 0.6) is 0 Å². The Labute approximate surface area is 222 Å². The molecule has 0 spiro atoms. The van der Waals surface area contributed by atoms with E-state index >= 15 is 0 Å². The first-order valence-corrected chi connectivity index (χ1v) is 13.7. The van der Waals surface area contributed by atoms with Crippen LogP contribution in [0.3, 0.4) is 0 Å². The summed E-state index contributed by atoms with van der Waals surface area (Å²) in [5, 5.41) is 6.03. The number of likely N-dealkylation sites (tertiary alicyclic amines) is 1. The molecule has 0 N–H and O–H groups in total. The van der Waals surface area contributed by atoms with Gasteiger partial charge in [0.2, 0.25) is 5.91 Å². The van der Waals surface area contributed by atoms with Gasteiger partial charge in [-0.1, -0.05) is 23.2 Å². The van der Waals surface area contributed by atoms with Crippen molar-refractivity contribution in [1.82, 2.24) is 19.6 Å². The Morgan fingerprint density at radius 2 is 1.75 bits per heavy atom. The van der Waals surface area contributed by atoms with Crippen molar-refractivity contribution in [3.05, 3.63) is 50.3 Å². The van der Waals surface area contributed by atoms with Crippen LogP contribution in [0.25, 0.3) is 0 Å². The van der Waals surface area contributed by atoms with E-state index in [1.54, 1.807) is 10.7 Å². The van der Waals surface area contributed by atoms with E-state index in [-0.39, 0.29) is 30.6 Å². The number of aromatic nitrogens is 2. The highest BCUT2D eigenvalue weighted by Crippen LogP contribution is 2.35. The Kier molecular flexibility index (Phi) is 7.34. The zero-order chi connectivity index (χ0) is 25.6. The van der Waals surface area contributed by atoms with Crippen LogP contribution >= 0.6 is 23.2 Å². The summed E-state index contributed by atoms with van der Waals surface area (Å²) in [6.07, 6.45) is 4.44. The number of hydrogen-bond donors (Lipinski definition) is 0. The van der Waals surface area contributed by atoms with Crippen molar-refractivity contribution in [3.8, 4) is 0 Å². The van der Waals surface area contributed by atoms with Gasteiger partial charge in [-0.05, 0) is 82.1 Å². The maximum Gasteiger partial charge on any atom is 0.274 e. The minimum Gasteiger partial charge on any atom is -0.372 e. The molecule has 2 atom stereocenters. The number of halogens is 2. The van der Waals surface area contributed by atoms with Crippen molar-refractivity contribution in [2.75, 3.05) is 26.2 Å². The quantitative estimate of drug-likeness (QED) is 0.575. The molecule has 0 radical (unpaired) electrons. The van der Waals surface area contributed by atoms with Crippen molar-refractivity contribution >= 4 is 35.0 Å². The van der Waals surface area contributed by atoms with E-state index in [0.29, 0.717) is 47.8 Å². The monoisotopic (exact) mass is 532 g/mol. The van der Waals surface area contributed by atoms with Crippen LogP contribution in [-0.4, -0.2) is 69.8 Å². The number of benzene rings is 1. The number of amides is 2. The summed E-state index contributed by atoms with van der Waals surface area (Å²) in [4.78, 5) is 30.4. The Morgan fingerprint density at radius 3 is 2.44 bits per heavy atom. The lowest BCUT2D eigenvalue weighted by Gasteiger charge is -2.35. The summed E-state index contributed by atoms with van der Waals surface area (Å²) < 4.78 is 7.58. The van der Waals surface area contributed by atoms with Crippen molar-refractivity contribution in [3.63, 3.8) is 0 Å². The molecule has 3 aliphatic rings. The number of carbonyl (C=O) groups excluding carboxylic acids is 2. The van der Waals surface area contributed by atoms with Gasteiger partial charge in [-0.15, -0.1) is 0 Å². The van der Waals surface area contributed by atoms with Crippen LogP contribution in [-0.2, 0) is 28.9 Å². The number of hydrogen-bond acceptors (Lipinski definition) is 4. The van der Waals surface area contributed by atoms with E-state index in [9.17, 15) is 9.59 Å². The summed E-state index contributed by atoms with van der Waals surface area (Å²) in [6.45, 7) is 8.69. The third kappa shape index (κ3) is 5.02. The molecule has 2 fully saturated rings. The lowest BCUT2D eigenvalue weighted by molar-refractivity contribution is -0.133. The Hall–Kier alpha value is -2.09. The Morgan fingerprint density at radius 1 is 1.06 bits per heavy atom. The van der Waals surface area contributed by atoms with Crippen LogP contribution in [0.15, 0.2) is 12.1 Å². The SMILES string of the molecule is Cc1c(Cl)cc(Cl)cc1C1CCN(C(=O)Cn2nc(C(=O)N3C[C@@H](C)O[C@@H](C)C3)c3c2CCC3)CC1. The summed E-state index contributed by atoms with van der Waals surface area (Å²) in [7, 11) is 0. The Balaban J connectivity index is 1.26. The van der Waals surface area contributed by atoms with Gasteiger partial charge in [0.05, 0.1) is 12.2 Å². The fraction of sp³-hybridized carbons (Fsp3) is 0.593. The fourth-order valence-corrected chi connectivity index (χ4v) is 6.57. The first kappa shape index (κ1) is 25.6. The van der Waals surface area contributed by atoms with E-state index in [2.05, 4.69) is 0 Å². The summed E-state index contributed by atoms with van der Waals surface area (Å²) >= 11 is 12.6. The van der Waals surface area contributed by atoms with E-state index in [0.717, 1.165) is 48.9 Å². The van der Waals surface area contributed by atoms with Gasteiger partial charge in [-0.2, -0.15) is 5.10 Å².